The molecule has 0 aliphatic carbocycles. The fraction of sp³-hybridized carbons (Fsp3) is 0.278. The summed E-state index contributed by atoms with van der Waals surface area (Å²) in [7, 11) is 0. The molecule has 24 heavy (non-hydrogen) atoms. The van der Waals surface area contributed by atoms with Gasteiger partial charge in [0.2, 0.25) is 0 Å². The largest absolute Gasteiger partial charge is 0.490 e. The molecule has 0 aromatic heterocycles. The Balaban J connectivity index is 1.64. The summed E-state index contributed by atoms with van der Waals surface area (Å²) in [4.78, 5) is 12.2. The molecule has 1 aliphatic rings. The van der Waals surface area contributed by atoms with Crippen LogP contribution < -0.4 is 15.8 Å². The highest BCUT2D eigenvalue weighted by Gasteiger charge is 2.15. The highest BCUT2D eigenvalue weighted by Crippen LogP contribution is 2.22. The molecule has 0 radical (unpaired) electrons. The van der Waals surface area contributed by atoms with Crippen LogP contribution in [0.25, 0.3) is 0 Å². The van der Waals surface area contributed by atoms with Gasteiger partial charge in [-0.25, -0.2) is 4.39 Å². The van der Waals surface area contributed by atoms with Gasteiger partial charge in [-0.05, 0) is 42.5 Å². The molecule has 1 aliphatic heterocycles. The molecule has 0 unspecified atom stereocenters. The van der Waals surface area contributed by atoms with E-state index in [2.05, 4.69) is 5.32 Å². The molecule has 3 N–H and O–H groups in total. The summed E-state index contributed by atoms with van der Waals surface area (Å²) in [6.45, 7) is 1.42. The van der Waals surface area contributed by atoms with Crippen LogP contribution >= 0.6 is 0 Å². The van der Waals surface area contributed by atoms with Crippen molar-refractivity contribution in [1.82, 2.24) is 0 Å². The summed E-state index contributed by atoms with van der Waals surface area (Å²) in [6, 6.07) is 10.7. The third-order valence-corrected chi connectivity index (χ3v) is 3.85. The molecule has 6 heteroatoms. The average Bonchev–Trinajstić information content (AvgIpc) is 2.60. The van der Waals surface area contributed by atoms with Crippen molar-refractivity contribution >= 4 is 17.3 Å². The SMILES string of the molecule is Nc1ccc(F)cc1NC(=O)c1ccc(OC2CCOCC2)cc1. The second-order valence-corrected chi connectivity index (χ2v) is 5.64. The van der Waals surface area contributed by atoms with E-state index in [4.69, 9.17) is 15.2 Å². The number of nitrogen functional groups attached to an aromatic ring is 1. The zero-order valence-electron chi connectivity index (χ0n) is 13.1. The Hall–Kier alpha value is -2.60. The Labute approximate surface area is 139 Å². The Kier molecular flexibility index (Phi) is 4.96. The lowest BCUT2D eigenvalue weighted by Gasteiger charge is -2.23. The molecular weight excluding hydrogens is 311 g/mol. The van der Waals surface area contributed by atoms with Crippen LogP contribution in [-0.4, -0.2) is 25.2 Å². The van der Waals surface area contributed by atoms with Gasteiger partial charge in [0.05, 0.1) is 24.6 Å². The number of nitrogens with two attached hydrogens (primary N) is 1. The number of hydrogen-bond donors (Lipinski definition) is 2. The summed E-state index contributed by atoms with van der Waals surface area (Å²) >= 11 is 0. The third kappa shape index (κ3) is 4.02. The molecule has 0 spiro atoms. The average molecular weight is 330 g/mol. The van der Waals surface area contributed by atoms with Crippen LogP contribution in [0.3, 0.4) is 0 Å². The molecule has 0 atom stereocenters. The van der Waals surface area contributed by atoms with Crippen molar-refractivity contribution in [2.24, 2.45) is 0 Å². The summed E-state index contributed by atoms with van der Waals surface area (Å²) in [6.07, 6.45) is 1.87. The fourth-order valence-electron chi connectivity index (χ4n) is 2.50. The Morgan fingerprint density at radius 3 is 2.58 bits per heavy atom. The molecule has 0 bridgehead atoms. The number of benzene rings is 2. The lowest BCUT2D eigenvalue weighted by Crippen LogP contribution is -2.25. The topological polar surface area (TPSA) is 73.6 Å². The van der Waals surface area contributed by atoms with Crippen LogP contribution in [0.1, 0.15) is 23.2 Å². The number of amides is 1. The van der Waals surface area contributed by atoms with Crippen molar-refractivity contribution in [1.29, 1.82) is 0 Å². The van der Waals surface area contributed by atoms with Gasteiger partial charge < -0.3 is 20.5 Å². The molecule has 1 heterocycles. The van der Waals surface area contributed by atoms with E-state index < -0.39 is 5.82 Å². The van der Waals surface area contributed by atoms with Crippen LogP contribution in [-0.2, 0) is 4.74 Å². The van der Waals surface area contributed by atoms with Crippen LogP contribution in [0.5, 0.6) is 5.75 Å². The van der Waals surface area contributed by atoms with Crippen LogP contribution in [0.4, 0.5) is 15.8 Å². The van der Waals surface area contributed by atoms with Crippen molar-refractivity contribution in [2.45, 2.75) is 18.9 Å². The van der Waals surface area contributed by atoms with Gasteiger partial charge in [-0.15, -0.1) is 0 Å². The van der Waals surface area contributed by atoms with E-state index in [9.17, 15) is 9.18 Å². The van der Waals surface area contributed by atoms with Gasteiger partial charge in [0.15, 0.2) is 0 Å². The summed E-state index contributed by atoms with van der Waals surface area (Å²) in [5.74, 6) is -0.103. The number of nitrogens with one attached hydrogen (secondary N) is 1. The van der Waals surface area contributed by atoms with Gasteiger partial charge in [-0.2, -0.15) is 0 Å². The van der Waals surface area contributed by atoms with Crippen LogP contribution in [0, 0.1) is 5.82 Å². The highest BCUT2D eigenvalue weighted by molar-refractivity contribution is 6.05. The minimum atomic E-state index is -0.459. The first-order valence-electron chi connectivity index (χ1n) is 7.82. The zero-order valence-corrected chi connectivity index (χ0v) is 13.1. The highest BCUT2D eigenvalue weighted by atomic mass is 19.1. The molecule has 126 valence electrons. The second kappa shape index (κ2) is 7.31. The van der Waals surface area contributed by atoms with Gasteiger partial charge in [-0.1, -0.05) is 0 Å². The van der Waals surface area contributed by atoms with Crippen molar-refractivity contribution in [3.05, 3.63) is 53.8 Å². The first kappa shape index (κ1) is 16.3. The molecule has 2 aromatic carbocycles. The monoisotopic (exact) mass is 330 g/mol. The van der Waals surface area contributed by atoms with E-state index in [0.29, 0.717) is 30.2 Å². The molecule has 1 saturated heterocycles. The second-order valence-electron chi connectivity index (χ2n) is 5.64. The van der Waals surface area contributed by atoms with E-state index in [1.54, 1.807) is 24.3 Å². The molecule has 0 saturated carbocycles. The van der Waals surface area contributed by atoms with Gasteiger partial charge >= 0.3 is 0 Å². The van der Waals surface area contributed by atoms with Gasteiger partial charge in [0.1, 0.15) is 17.7 Å². The standard InChI is InChI=1S/C18H19FN2O3/c19-13-3-6-16(20)17(11-13)21-18(22)12-1-4-14(5-2-12)24-15-7-9-23-10-8-15/h1-6,11,15H,7-10,20H2,(H,21,22). The Morgan fingerprint density at radius 1 is 1.17 bits per heavy atom. The lowest BCUT2D eigenvalue weighted by atomic mass is 10.1. The van der Waals surface area contributed by atoms with Crippen LogP contribution in [0.2, 0.25) is 0 Å². The lowest BCUT2D eigenvalue weighted by molar-refractivity contribution is 0.0256. The predicted octanol–water partition coefficient (Wildman–Crippen LogP) is 3.22. The predicted molar refractivity (Wildman–Crippen MR) is 89.7 cm³/mol. The van der Waals surface area contributed by atoms with Gasteiger partial charge in [-0.3, -0.25) is 4.79 Å². The first-order valence-corrected chi connectivity index (χ1v) is 7.82. The van der Waals surface area contributed by atoms with Crippen molar-refractivity contribution < 1.29 is 18.7 Å². The smallest absolute Gasteiger partial charge is 0.255 e. The zero-order chi connectivity index (χ0) is 16.9. The van der Waals surface area contributed by atoms with Crippen LogP contribution in [0.15, 0.2) is 42.5 Å². The van der Waals surface area contributed by atoms with Crippen molar-refractivity contribution in [3.8, 4) is 5.75 Å². The van der Waals surface area contributed by atoms with Gasteiger partial charge in [0.25, 0.3) is 5.91 Å². The summed E-state index contributed by atoms with van der Waals surface area (Å²) in [5.41, 5.74) is 6.74. The maximum absolute atomic E-state index is 13.2. The number of anilines is 2. The third-order valence-electron chi connectivity index (χ3n) is 3.85. The first-order chi connectivity index (χ1) is 11.6. The van der Waals surface area contributed by atoms with Gasteiger partial charge in [0, 0.05) is 18.4 Å². The fourth-order valence-corrected chi connectivity index (χ4v) is 2.50. The van der Waals surface area contributed by atoms with E-state index >= 15 is 0 Å². The Morgan fingerprint density at radius 2 is 1.88 bits per heavy atom. The maximum atomic E-state index is 13.2. The Bertz CT molecular complexity index is 713. The number of carbonyl (C=O) groups excluding carboxylic acids is 1. The number of hydrogen-bond acceptors (Lipinski definition) is 4. The normalized spacial score (nSPS) is 15.0. The quantitative estimate of drug-likeness (QED) is 0.844. The number of ether oxygens (including phenoxy) is 2. The van der Waals surface area contributed by atoms with E-state index in [1.165, 1.54) is 18.2 Å². The molecule has 3 rings (SSSR count). The number of halogens is 1. The van der Waals surface area contributed by atoms with E-state index in [0.717, 1.165) is 12.8 Å². The summed E-state index contributed by atoms with van der Waals surface area (Å²) in [5, 5.41) is 2.61. The van der Waals surface area contributed by atoms with E-state index in [-0.39, 0.29) is 17.7 Å². The summed E-state index contributed by atoms with van der Waals surface area (Å²) < 4.78 is 24.4. The molecule has 1 fully saturated rings. The van der Waals surface area contributed by atoms with E-state index in [1.807, 2.05) is 0 Å². The van der Waals surface area contributed by atoms with Crippen molar-refractivity contribution in [2.75, 3.05) is 24.3 Å². The maximum Gasteiger partial charge on any atom is 0.255 e. The molecule has 2 aromatic rings. The van der Waals surface area contributed by atoms with Crippen molar-refractivity contribution in [3.63, 3.8) is 0 Å². The minimum absolute atomic E-state index is 0.144. The molecular formula is C18H19FN2O3. The minimum Gasteiger partial charge on any atom is -0.490 e. The molecule has 5 nitrogen and oxygen atoms in total. The molecule has 1 amide bonds. The number of carbonyl (C=O) groups is 1. The number of rotatable bonds is 4.